The van der Waals surface area contributed by atoms with Gasteiger partial charge in [0.1, 0.15) is 0 Å². The molecule has 2 heterocycles. The summed E-state index contributed by atoms with van der Waals surface area (Å²) in [5, 5.41) is 9.15. The minimum atomic E-state index is -0.371. The molecular weight excluding hydrogens is 229 g/mol. The van der Waals surface area contributed by atoms with E-state index >= 15 is 0 Å². The molecule has 2 aliphatic rings. The van der Waals surface area contributed by atoms with E-state index in [1.54, 1.807) is 12.1 Å². The average molecular weight is 245 g/mol. The number of hydrogen-bond acceptors (Lipinski definition) is 3. The van der Waals surface area contributed by atoms with Crippen molar-refractivity contribution < 1.29 is 4.39 Å². The molecule has 1 aromatic heterocycles. The van der Waals surface area contributed by atoms with Gasteiger partial charge in [-0.25, -0.2) is 4.98 Å². The van der Waals surface area contributed by atoms with Crippen LogP contribution in [-0.4, -0.2) is 23.0 Å². The molecule has 1 spiro atoms. The Hall–Kier alpha value is -1.47. The minimum absolute atomic E-state index is 0.201. The van der Waals surface area contributed by atoms with Gasteiger partial charge in [0.15, 0.2) is 0 Å². The number of nitrogens with zero attached hydrogens (tertiary/aromatic N) is 3. The van der Waals surface area contributed by atoms with Crippen LogP contribution < -0.4 is 0 Å². The molecule has 18 heavy (non-hydrogen) atoms. The summed E-state index contributed by atoms with van der Waals surface area (Å²) >= 11 is 0. The Labute approximate surface area is 106 Å². The molecule has 1 saturated carbocycles. The third kappa shape index (κ3) is 1.99. The summed E-state index contributed by atoms with van der Waals surface area (Å²) in [6, 6.07) is 6.00. The van der Waals surface area contributed by atoms with Gasteiger partial charge >= 0.3 is 0 Å². The topological polar surface area (TPSA) is 39.9 Å². The minimum Gasteiger partial charge on any atom is -0.298 e. The summed E-state index contributed by atoms with van der Waals surface area (Å²) in [5.41, 5.74) is 0.870. The number of hydrogen-bond donors (Lipinski definition) is 0. The standard InChI is InChI=1S/C14H16FN3/c15-13-11(2-1-6-17-13)9-18-7-3-12(8-16)14(10-18)4-5-14/h1-2,6,12H,3-5,7,9-10H2. The van der Waals surface area contributed by atoms with Crippen molar-refractivity contribution in [2.24, 2.45) is 11.3 Å². The molecule has 3 nitrogen and oxygen atoms in total. The Balaban J connectivity index is 1.69. The van der Waals surface area contributed by atoms with Crippen LogP contribution in [0.1, 0.15) is 24.8 Å². The summed E-state index contributed by atoms with van der Waals surface area (Å²) in [6.45, 7) is 2.42. The van der Waals surface area contributed by atoms with E-state index in [9.17, 15) is 4.39 Å². The first-order chi connectivity index (χ1) is 8.73. The number of likely N-dealkylation sites (tertiary alicyclic amines) is 1. The molecule has 1 aromatic rings. The second-order valence-electron chi connectivity index (χ2n) is 5.50. The molecule has 1 saturated heterocycles. The number of pyridine rings is 1. The molecule has 0 amide bonds. The summed E-state index contributed by atoms with van der Waals surface area (Å²) in [6.07, 6.45) is 4.69. The first kappa shape index (κ1) is 11.6. The predicted molar refractivity (Wildman–Crippen MR) is 64.9 cm³/mol. The van der Waals surface area contributed by atoms with Gasteiger partial charge in [0.2, 0.25) is 5.95 Å². The molecular formula is C14H16FN3. The molecule has 3 rings (SSSR count). The molecule has 0 bridgehead atoms. The van der Waals surface area contributed by atoms with Crippen LogP contribution in [0, 0.1) is 28.6 Å². The van der Waals surface area contributed by atoms with Gasteiger partial charge in [-0.2, -0.15) is 9.65 Å². The van der Waals surface area contributed by atoms with Crippen LogP contribution in [0.15, 0.2) is 18.3 Å². The lowest BCUT2D eigenvalue weighted by Crippen LogP contribution is -2.41. The molecule has 1 aliphatic heterocycles. The van der Waals surface area contributed by atoms with Crippen LogP contribution in [0.25, 0.3) is 0 Å². The quantitative estimate of drug-likeness (QED) is 0.751. The van der Waals surface area contributed by atoms with Gasteiger partial charge in [0.05, 0.1) is 12.0 Å². The van der Waals surface area contributed by atoms with Crippen LogP contribution in [-0.2, 0) is 6.54 Å². The summed E-state index contributed by atoms with van der Waals surface area (Å²) < 4.78 is 13.5. The highest BCUT2D eigenvalue weighted by Gasteiger charge is 2.52. The first-order valence-electron chi connectivity index (χ1n) is 6.45. The van der Waals surface area contributed by atoms with Crippen molar-refractivity contribution in [3.8, 4) is 6.07 Å². The fraction of sp³-hybridized carbons (Fsp3) is 0.571. The van der Waals surface area contributed by atoms with Gasteiger partial charge in [-0.05, 0) is 37.3 Å². The van der Waals surface area contributed by atoms with Crippen LogP contribution in [0.4, 0.5) is 4.39 Å². The summed E-state index contributed by atoms with van der Waals surface area (Å²) in [5.74, 6) is -0.169. The monoisotopic (exact) mass is 245 g/mol. The highest BCUT2D eigenvalue weighted by atomic mass is 19.1. The van der Waals surface area contributed by atoms with Gasteiger partial charge in [-0.3, -0.25) is 4.90 Å². The highest BCUT2D eigenvalue weighted by Crippen LogP contribution is 2.55. The van der Waals surface area contributed by atoms with Gasteiger partial charge in [0.25, 0.3) is 0 Å². The first-order valence-corrected chi connectivity index (χ1v) is 6.45. The van der Waals surface area contributed by atoms with Crippen molar-refractivity contribution in [1.82, 2.24) is 9.88 Å². The van der Waals surface area contributed by atoms with E-state index in [4.69, 9.17) is 5.26 Å². The third-order valence-electron chi connectivity index (χ3n) is 4.29. The van der Waals surface area contributed by atoms with Crippen molar-refractivity contribution in [2.45, 2.75) is 25.8 Å². The number of piperidine rings is 1. The van der Waals surface area contributed by atoms with E-state index < -0.39 is 0 Å². The lowest BCUT2D eigenvalue weighted by atomic mass is 9.83. The van der Waals surface area contributed by atoms with E-state index in [1.807, 2.05) is 0 Å². The molecule has 1 atom stereocenters. The molecule has 1 aliphatic carbocycles. The zero-order valence-electron chi connectivity index (χ0n) is 10.3. The van der Waals surface area contributed by atoms with E-state index in [0.717, 1.165) is 32.4 Å². The van der Waals surface area contributed by atoms with Crippen molar-refractivity contribution in [2.75, 3.05) is 13.1 Å². The molecule has 4 heteroatoms. The van der Waals surface area contributed by atoms with E-state index in [1.165, 1.54) is 6.20 Å². The molecule has 2 fully saturated rings. The Morgan fingerprint density at radius 2 is 2.39 bits per heavy atom. The maximum Gasteiger partial charge on any atom is 0.217 e. The van der Waals surface area contributed by atoms with Crippen LogP contribution >= 0.6 is 0 Å². The fourth-order valence-electron chi connectivity index (χ4n) is 3.03. The zero-order valence-corrected chi connectivity index (χ0v) is 10.3. The lowest BCUT2D eigenvalue weighted by molar-refractivity contribution is 0.121. The second kappa shape index (κ2) is 4.33. The number of halogens is 1. The van der Waals surface area contributed by atoms with Crippen molar-refractivity contribution in [3.63, 3.8) is 0 Å². The van der Waals surface area contributed by atoms with Crippen LogP contribution in [0.5, 0.6) is 0 Å². The van der Waals surface area contributed by atoms with E-state index in [-0.39, 0.29) is 17.3 Å². The number of nitriles is 1. The van der Waals surface area contributed by atoms with E-state index in [2.05, 4.69) is 16.0 Å². The molecule has 0 aromatic carbocycles. The van der Waals surface area contributed by atoms with Crippen LogP contribution in [0.2, 0.25) is 0 Å². The summed E-state index contributed by atoms with van der Waals surface area (Å²) in [7, 11) is 0. The average Bonchev–Trinajstić information content (AvgIpc) is 3.13. The maximum atomic E-state index is 13.5. The normalized spacial score (nSPS) is 25.9. The Bertz CT molecular complexity index is 490. The van der Waals surface area contributed by atoms with Gasteiger partial charge < -0.3 is 0 Å². The predicted octanol–water partition coefficient (Wildman–Crippen LogP) is 2.35. The summed E-state index contributed by atoms with van der Waals surface area (Å²) in [4.78, 5) is 5.95. The van der Waals surface area contributed by atoms with Gasteiger partial charge in [0, 0.05) is 24.8 Å². The lowest BCUT2D eigenvalue weighted by Gasteiger charge is -2.36. The van der Waals surface area contributed by atoms with Gasteiger partial charge in [-0.1, -0.05) is 6.07 Å². The second-order valence-corrected chi connectivity index (χ2v) is 5.50. The largest absolute Gasteiger partial charge is 0.298 e. The van der Waals surface area contributed by atoms with Crippen molar-refractivity contribution in [3.05, 3.63) is 29.8 Å². The molecule has 0 N–H and O–H groups in total. The van der Waals surface area contributed by atoms with Crippen LogP contribution in [0.3, 0.4) is 0 Å². The Morgan fingerprint density at radius 3 is 3.06 bits per heavy atom. The number of aromatic nitrogens is 1. The fourth-order valence-corrected chi connectivity index (χ4v) is 3.03. The molecule has 94 valence electrons. The molecule has 0 radical (unpaired) electrons. The molecule has 1 unspecified atom stereocenters. The smallest absolute Gasteiger partial charge is 0.217 e. The maximum absolute atomic E-state index is 13.5. The van der Waals surface area contributed by atoms with E-state index in [0.29, 0.717) is 12.1 Å². The number of rotatable bonds is 2. The van der Waals surface area contributed by atoms with Gasteiger partial charge in [-0.15, -0.1) is 0 Å². The Morgan fingerprint density at radius 1 is 1.56 bits per heavy atom. The van der Waals surface area contributed by atoms with Crippen molar-refractivity contribution >= 4 is 0 Å². The SMILES string of the molecule is N#CC1CCN(Cc2cccnc2F)CC12CC2. The third-order valence-corrected chi connectivity index (χ3v) is 4.29. The highest BCUT2D eigenvalue weighted by molar-refractivity contribution is 5.14. The zero-order chi connectivity index (χ0) is 12.6. The Kier molecular flexibility index (Phi) is 2.79. The van der Waals surface area contributed by atoms with Crippen molar-refractivity contribution in [1.29, 1.82) is 5.26 Å².